The second-order valence-corrected chi connectivity index (χ2v) is 5.70. The first-order valence-corrected chi connectivity index (χ1v) is 6.84. The van der Waals surface area contributed by atoms with Crippen LogP contribution in [0.3, 0.4) is 0 Å². The molecule has 1 heterocycles. The molecule has 1 aromatic carbocycles. The Morgan fingerprint density at radius 2 is 2.05 bits per heavy atom. The number of nitro groups is 1. The van der Waals surface area contributed by atoms with Gasteiger partial charge in [0.05, 0.1) is 11.0 Å². The summed E-state index contributed by atoms with van der Waals surface area (Å²) in [5, 5.41) is 16.7. The Labute approximate surface area is 134 Å². The van der Waals surface area contributed by atoms with Gasteiger partial charge in [-0.15, -0.1) is 12.4 Å². The normalized spacial score (nSPS) is 16.5. The number of halogens is 2. The highest BCUT2D eigenvalue weighted by molar-refractivity contribution is 5.94. The molecule has 8 heteroatoms. The van der Waals surface area contributed by atoms with Gasteiger partial charge in [-0.2, -0.15) is 0 Å². The minimum Gasteiger partial charge on any atom is -0.351 e. The SMILES string of the molecule is CC1(CNC(=O)c2cc(F)cc([N+](=O)[O-])c2)CCNCC1.Cl. The predicted octanol–water partition coefficient (Wildman–Crippen LogP) is 2.28. The molecule has 1 amide bonds. The van der Waals surface area contributed by atoms with E-state index in [2.05, 4.69) is 17.6 Å². The fourth-order valence-electron chi connectivity index (χ4n) is 2.41. The van der Waals surface area contributed by atoms with Crippen molar-refractivity contribution in [2.45, 2.75) is 19.8 Å². The summed E-state index contributed by atoms with van der Waals surface area (Å²) >= 11 is 0. The Morgan fingerprint density at radius 3 is 2.64 bits per heavy atom. The van der Waals surface area contributed by atoms with E-state index >= 15 is 0 Å². The van der Waals surface area contributed by atoms with Crippen LogP contribution in [-0.2, 0) is 0 Å². The highest BCUT2D eigenvalue weighted by Gasteiger charge is 2.27. The first-order valence-electron chi connectivity index (χ1n) is 6.84. The Bertz CT molecular complexity index is 562. The van der Waals surface area contributed by atoms with Crippen molar-refractivity contribution in [1.82, 2.24) is 10.6 Å². The summed E-state index contributed by atoms with van der Waals surface area (Å²) in [6.07, 6.45) is 1.88. The van der Waals surface area contributed by atoms with Crippen molar-refractivity contribution in [2.75, 3.05) is 19.6 Å². The predicted molar refractivity (Wildman–Crippen MR) is 82.8 cm³/mol. The smallest absolute Gasteiger partial charge is 0.273 e. The lowest BCUT2D eigenvalue weighted by Crippen LogP contribution is -2.42. The molecule has 0 spiro atoms. The lowest BCUT2D eigenvalue weighted by Gasteiger charge is -2.34. The summed E-state index contributed by atoms with van der Waals surface area (Å²) in [5.41, 5.74) is -0.451. The number of rotatable bonds is 4. The van der Waals surface area contributed by atoms with Gasteiger partial charge in [-0.1, -0.05) is 6.92 Å². The lowest BCUT2D eigenvalue weighted by molar-refractivity contribution is -0.385. The van der Waals surface area contributed by atoms with Crippen molar-refractivity contribution in [3.63, 3.8) is 0 Å². The summed E-state index contributed by atoms with van der Waals surface area (Å²) in [7, 11) is 0. The third-order valence-electron chi connectivity index (χ3n) is 3.84. The number of nitro benzene ring substituents is 1. The van der Waals surface area contributed by atoms with Crippen molar-refractivity contribution in [1.29, 1.82) is 0 Å². The molecule has 0 radical (unpaired) electrons. The number of nitrogens with zero attached hydrogens (tertiary/aromatic N) is 1. The van der Waals surface area contributed by atoms with Gasteiger partial charge in [-0.3, -0.25) is 14.9 Å². The molecule has 0 saturated carbocycles. The van der Waals surface area contributed by atoms with Crippen LogP contribution in [0.15, 0.2) is 18.2 Å². The number of amides is 1. The third-order valence-corrected chi connectivity index (χ3v) is 3.84. The van der Waals surface area contributed by atoms with E-state index < -0.39 is 22.3 Å². The zero-order valence-corrected chi connectivity index (χ0v) is 13.0. The molecule has 2 rings (SSSR count). The van der Waals surface area contributed by atoms with Gasteiger partial charge < -0.3 is 10.6 Å². The molecule has 1 aromatic rings. The molecule has 0 aromatic heterocycles. The molecule has 1 fully saturated rings. The highest BCUT2D eigenvalue weighted by atomic mass is 35.5. The molecule has 1 saturated heterocycles. The van der Waals surface area contributed by atoms with Crippen LogP contribution in [0.1, 0.15) is 30.1 Å². The summed E-state index contributed by atoms with van der Waals surface area (Å²) in [6, 6.07) is 2.89. The molecule has 2 N–H and O–H groups in total. The number of hydrogen-bond donors (Lipinski definition) is 2. The quantitative estimate of drug-likeness (QED) is 0.655. The maximum absolute atomic E-state index is 13.3. The van der Waals surface area contributed by atoms with Crippen molar-refractivity contribution < 1.29 is 14.1 Å². The van der Waals surface area contributed by atoms with Crippen molar-refractivity contribution in [2.24, 2.45) is 5.41 Å². The molecular formula is C14H19ClFN3O3. The molecular weight excluding hydrogens is 313 g/mol. The minimum absolute atomic E-state index is 0. The van der Waals surface area contributed by atoms with Gasteiger partial charge >= 0.3 is 0 Å². The number of nitrogens with one attached hydrogen (secondary N) is 2. The number of carbonyl (C=O) groups is 1. The van der Waals surface area contributed by atoms with E-state index in [0.29, 0.717) is 6.54 Å². The number of piperidine rings is 1. The summed E-state index contributed by atoms with van der Waals surface area (Å²) < 4.78 is 13.3. The van der Waals surface area contributed by atoms with E-state index in [0.717, 1.165) is 44.1 Å². The average molecular weight is 332 g/mol. The number of non-ortho nitro benzene ring substituents is 1. The van der Waals surface area contributed by atoms with E-state index in [1.165, 1.54) is 0 Å². The van der Waals surface area contributed by atoms with Gasteiger partial charge in [0.1, 0.15) is 5.82 Å². The summed E-state index contributed by atoms with van der Waals surface area (Å²) in [4.78, 5) is 22.0. The maximum atomic E-state index is 13.3. The van der Waals surface area contributed by atoms with Gasteiger partial charge in [0.15, 0.2) is 0 Å². The molecule has 1 aliphatic rings. The van der Waals surface area contributed by atoms with Crippen LogP contribution < -0.4 is 10.6 Å². The highest BCUT2D eigenvalue weighted by Crippen LogP contribution is 2.27. The first kappa shape index (κ1) is 18.3. The fraction of sp³-hybridized carbons (Fsp3) is 0.500. The third kappa shape index (κ3) is 4.64. The zero-order chi connectivity index (χ0) is 15.5. The van der Waals surface area contributed by atoms with Crippen molar-refractivity contribution in [3.8, 4) is 0 Å². The molecule has 6 nitrogen and oxygen atoms in total. The van der Waals surface area contributed by atoms with Crippen molar-refractivity contribution in [3.05, 3.63) is 39.7 Å². The zero-order valence-electron chi connectivity index (χ0n) is 12.2. The average Bonchev–Trinajstić information content (AvgIpc) is 2.45. The number of carbonyl (C=O) groups excluding carboxylic acids is 1. The topological polar surface area (TPSA) is 84.3 Å². The monoisotopic (exact) mass is 331 g/mol. The largest absolute Gasteiger partial charge is 0.351 e. The van der Waals surface area contributed by atoms with Crippen LogP contribution in [0.2, 0.25) is 0 Å². The van der Waals surface area contributed by atoms with Crippen LogP contribution in [0, 0.1) is 21.3 Å². The van der Waals surface area contributed by atoms with Crippen LogP contribution in [0.4, 0.5) is 10.1 Å². The molecule has 0 aliphatic carbocycles. The second kappa shape index (κ2) is 7.51. The van der Waals surface area contributed by atoms with E-state index in [1.54, 1.807) is 0 Å². The van der Waals surface area contributed by atoms with E-state index in [4.69, 9.17) is 0 Å². The molecule has 0 bridgehead atoms. The molecule has 22 heavy (non-hydrogen) atoms. The van der Waals surface area contributed by atoms with Gasteiger partial charge in [-0.05, 0) is 37.4 Å². The Hall–Kier alpha value is -1.73. The Morgan fingerprint density at radius 1 is 1.41 bits per heavy atom. The minimum atomic E-state index is -0.789. The van der Waals surface area contributed by atoms with Crippen LogP contribution >= 0.6 is 12.4 Å². The van der Waals surface area contributed by atoms with Gasteiger partial charge in [0.25, 0.3) is 11.6 Å². The maximum Gasteiger partial charge on any atom is 0.273 e. The molecule has 122 valence electrons. The van der Waals surface area contributed by atoms with Gasteiger partial charge in [0, 0.05) is 18.2 Å². The first-order chi connectivity index (χ1) is 9.89. The lowest BCUT2D eigenvalue weighted by atomic mass is 9.81. The second-order valence-electron chi connectivity index (χ2n) is 5.70. The van der Waals surface area contributed by atoms with Crippen molar-refractivity contribution >= 4 is 24.0 Å². The summed E-state index contributed by atoms with van der Waals surface area (Å²) in [6.45, 7) is 4.36. The van der Waals surface area contributed by atoms with Crippen LogP contribution in [0.25, 0.3) is 0 Å². The molecule has 1 aliphatic heterocycles. The Balaban J connectivity index is 0.00000242. The van der Waals surface area contributed by atoms with E-state index in [-0.39, 0.29) is 23.4 Å². The molecule has 0 atom stereocenters. The van der Waals surface area contributed by atoms with Gasteiger partial charge in [-0.25, -0.2) is 4.39 Å². The molecule has 0 unspecified atom stereocenters. The Kier molecular flexibility index (Phi) is 6.25. The number of hydrogen-bond acceptors (Lipinski definition) is 4. The van der Waals surface area contributed by atoms with Gasteiger partial charge in [0.2, 0.25) is 0 Å². The fourth-order valence-corrected chi connectivity index (χ4v) is 2.41. The van der Waals surface area contributed by atoms with Crippen LogP contribution in [0.5, 0.6) is 0 Å². The number of benzene rings is 1. The standard InChI is InChI=1S/C14H18FN3O3.ClH/c1-14(2-4-16-5-3-14)9-17-13(19)10-6-11(15)8-12(7-10)18(20)21;/h6-8,16H,2-5,9H2,1H3,(H,17,19);1H. The van der Waals surface area contributed by atoms with E-state index in [1.807, 2.05) is 0 Å². The summed E-state index contributed by atoms with van der Waals surface area (Å²) in [5.74, 6) is -1.28. The van der Waals surface area contributed by atoms with Crippen LogP contribution in [-0.4, -0.2) is 30.5 Å². The van der Waals surface area contributed by atoms with E-state index in [9.17, 15) is 19.3 Å².